The van der Waals surface area contributed by atoms with E-state index in [-0.39, 0.29) is 13.2 Å². The van der Waals surface area contributed by atoms with Gasteiger partial charge in [0.1, 0.15) is 19.3 Å². The molecule has 0 aliphatic carbocycles. The van der Waals surface area contributed by atoms with Crippen molar-refractivity contribution >= 4 is 0 Å². The summed E-state index contributed by atoms with van der Waals surface area (Å²) < 4.78 is 0. The van der Waals surface area contributed by atoms with E-state index in [1.165, 1.54) is 0 Å². The van der Waals surface area contributed by atoms with Crippen molar-refractivity contribution in [2.24, 2.45) is 0 Å². The van der Waals surface area contributed by atoms with Gasteiger partial charge in [-0.3, -0.25) is 0 Å². The molecule has 0 unspecified atom stereocenters. The second-order valence-corrected chi connectivity index (χ2v) is 3.72. The zero-order valence-electron chi connectivity index (χ0n) is 15.5. The Bertz CT molecular complexity index is 507. The summed E-state index contributed by atoms with van der Waals surface area (Å²) in [4.78, 5) is 65.6. The number of rotatable bonds is 10. The van der Waals surface area contributed by atoms with Crippen LogP contribution in [0.1, 0.15) is 0 Å². The van der Waals surface area contributed by atoms with Crippen LogP contribution in [0.5, 0.6) is 0 Å². The molecule has 0 fully saturated rings. The lowest BCUT2D eigenvalue weighted by atomic mass is 10.4. The summed E-state index contributed by atoms with van der Waals surface area (Å²) in [6.07, 6.45) is -2.50. The van der Waals surface area contributed by atoms with Crippen LogP contribution in [0.4, 0.5) is 0 Å². The molecule has 0 rings (SSSR count). The molecular formula is C6H16N6O21. The van der Waals surface area contributed by atoms with Gasteiger partial charge >= 0.3 is 0 Å². The Kier molecular flexibility index (Phi) is 31.7. The Morgan fingerprint density at radius 1 is 0.606 bits per heavy atom. The second kappa shape index (κ2) is 27.1. The highest BCUT2D eigenvalue weighted by molar-refractivity contribution is 4.49. The Morgan fingerprint density at radius 3 is 0.970 bits per heavy atom. The lowest BCUT2D eigenvalue weighted by Crippen LogP contribution is -2.30. The molecule has 0 aromatic carbocycles. The lowest BCUT2D eigenvalue weighted by Gasteiger charge is -2.11. The highest BCUT2D eigenvalue weighted by Crippen LogP contribution is 1.96. The molecule has 27 nitrogen and oxygen atoms in total. The van der Waals surface area contributed by atoms with E-state index < -0.39 is 55.9 Å². The van der Waals surface area contributed by atoms with Gasteiger partial charge < -0.3 is 45.5 Å². The van der Waals surface area contributed by atoms with Crippen molar-refractivity contribution in [3.05, 3.63) is 60.7 Å². The van der Waals surface area contributed by atoms with Gasteiger partial charge in [0.25, 0.3) is 30.5 Å². The first kappa shape index (κ1) is 38.7. The fourth-order valence-corrected chi connectivity index (χ4v) is 0.576. The van der Waals surface area contributed by atoms with E-state index >= 15 is 0 Å². The zero-order chi connectivity index (χ0) is 27.6. The molecule has 0 aliphatic rings. The molecule has 6 N–H and O–H groups in total. The zero-order valence-corrected chi connectivity index (χ0v) is 15.5. The molecular weight excluding hydrogens is 492 g/mol. The van der Waals surface area contributed by atoms with Gasteiger partial charge in [-0.25, -0.2) is 0 Å². The summed E-state index contributed by atoms with van der Waals surface area (Å²) in [6, 6.07) is 0. The molecule has 0 aromatic rings. The summed E-state index contributed by atoms with van der Waals surface area (Å²) in [5, 5.41) is 90.5. The monoisotopic (exact) mass is 508 g/mol. The molecule has 0 amide bonds. The topological polar surface area (TPSA) is 408 Å². The van der Waals surface area contributed by atoms with Gasteiger partial charge in [0.15, 0.2) is 6.10 Å². The first-order chi connectivity index (χ1) is 14.9. The van der Waals surface area contributed by atoms with E-state index in [0.717, 1.165) is 0 Å². The van der Waals surface area contributed by atoms with Crippen molar-refractivity contribution in [2.75, 3.05) is 26.4 Å². The minimum Gasteiger partial charge on any atom is -0.394 e. The molecule has 0 atom stereocenters. The molecule has 0 heterocycles. The van der Waals surface area contributed by atoms with Gasteiger partial charge in [-0.1, -0.05) is 0 Å². The third kappa shape index (κ3) is 99.6. The Morgan fingerprint density at radius 2 is 0.848 bits per heavy atom. The third-order valence-electron chi connectivity index (χ3n) is 1.39. The molecule has 196 valence electrons. The van der Waals surface area contributed by atoms with Crippen molar-refractivity contribution in [2.45, 2.75) is 12.2 Å². The van der Waals surface area contributed by atoms with Gasteiger partial charge in [0.2, 0.25) is 0 Å². The van der Waals surface area contributed by atoms with E-state index in [2.05, 4.69) is 14.5 Å². The van der Waals surface area contributed by atoms with E-state index in [0.29, 0.717) is 0 Å². The predicted octanol–water partition coefficient (Wildman–Crippen LogP) is -3.73. The molecule has 0 aliphatic heterocycles. The minimum atomic E-state index is -1.55. The van der Waals surface area contributed by atoms with Crippen LogP contribution in [-0.2, 0) is 14.5 Å². The van der Waals surface area contributed by atoms with Crippen LogP contribution in [0, 0.1) is 60.7 Å². The highest BCUT2D eigenvalue weighted by Gasteiger charge is 2.17. The first-order valence-corrected chi connectivity index (χ1v) is 6.68. The van der Waals surface area contributed by atoms with Crippen LogP contribution >= 0.6 is 0 Å². The van der Waals surface area contributed by atoms with Crippen LogP contribution in [0.25, 0.3) is 0 Å². The maximum Gasteiger partial charge on any atom is 0.294 e. The Balaban J connectivity index is -0.000000119. The molecule has 0 saturated carbocycles. The molecule has 33 heavy (non-hydrogen) atoms. The number of hydrogen-bond acceptors (Lipinski definition) is 18. The number of aliphatic hydroxyl groups excluding tert-OH is 3. The van der Waals surface area contributed by atoms with Crippen LogP contribution in [0.15, 0.2) is 0 Å². The SMILES string of the molecule is O=[N+]([O-])O.O=[N+]([O-])O.O=[N+]([O-])O.O=[N+]([O-])OCC(CO[N+](=O)[O-])O[N+](=O)[O-].OCC(O)CO. The van der Waals surface area contributed by atoms with Crippen molar-refractivity contribution < 1.29 is 76.0 Å². The molecule has 0 saturated heterocycles. The van der Waals surface area contributed by atoms with E-state index in [1.807, 2.05) is 0 Å². The Hall–Kier alpha value is -4.92. The van der Waals surface area contributed by atoms with Crippen LogP contribution < -0.4 is 0 Å². The van der Waals surface area contributed by atoms with Crippen molar-refractivity contribution in [1.82, 2.24) is 0 Å². The number of aliphatic hydroxyl groups is 3. The average Bonchev–Trinajstić information content (AvgIpc) is 2.61. The maximum absolute atomic E-state index is 9.83. The third-order valence-corrected chi connectivity index (χ3v) is 1.39. The van der Waals surface area contributed by atoms with Crippen LogP contribution in [-0.4, -0.2) is 100 Å². The van der Waals surface area contributed by atoms with Gasteiger partial charge in [-0.05, 0) is 0 Å². The summed E-state index contributed by atoms with van der Waals surface area (Å²) in [7, 11) is 0. The summed E-state index contributed by atoms with van der Waals surface area (Å²) in [5.74, 6) is 0. The highest BCUT2D eigenvalue weighted by atomic mass is 17.0. The fraction of sp³-hybridized carbons (Fsp3) is 1.00. The van der Waals surface area contributed by atoms with E-state index in [4.69, 9.17) is 61.3 Å². The normalized spacial score (nSPS) is 8.27. The van der Waals surface area contributed by atoms with Gasteiger partial charge in [-0.2, -0.15) is 0 Å². The standard InChI is InChI=1S/C3H5N3O9.C3H8O3.3HNO3/c7-4(8)13-1-3(15-6(11)12)2-14-5(9)10;4-1-3(6)2-5;3*2-1(3)4/h3H,1-2H2;3-6H,1-2H2;3*(H,2,3,4). The quantitative estimate of drug-likeness (QED) is 0.122. The number of nitrogens with zero attached hydrogens (tertiary/aromatic N) is 6. The van der Waals surface area contributed by atoms with Crippen molar-refractivity contribution in [3.8, 4) is 0 Å². The lowest BCUT2D eigenvalue weighted by molar-refractivity contribution is -0.803. The summed E-state index contributed by atoms with van der Waals surface area (Å²) in [6.45, 7) is -2.42. The minimum absolute atomic E-state index is 0.365. The van der Waals surface area contributed by atoms with Gasteiger partial charge in [0.05, 0.1) is 13.2 Å². The Labute approximate surface area is 176 Å². The molecule has 0 spiro atoms. The van der Waals surface area contributed by atoms with Gasteiger partial charge in [0, 0.05) is 0 Å². The molecule has 0 radical (unpaired) electrons. The summed E-state index contributed by atoms with van der Waals surface area (Å²) >= 11 is 0. The van der Waals surface area contributed by atoms with E-state index in [1.54, 1.807) is 0 Å². The molecule has 27 heteroatoms. The summed E-state index contributed by atoms with van der Waals surface area (Å²) in [5.41, 5.74) is 0. The van der Waals surface area contributed by atoms with Gasteiger partial charge in [-0.15, -0.1) is 60.7 Å². The maximum atomic E-state index is 9.83. The molecule has 0 aromatic heterocycles. The smallest absolute Gasteiger partial charge is 0.294 e. The van der Waals surface area contributed by atoms with Crippen molar-refractivity contribution in [1.29, 1.82) is 0 Å². The predicted molar refractivity (Wildman–Crippen MR) is 84.3 cm³/mol. The fourth-order valence-electron chi connectivity index (χ4n) is 0.576. The van der Waals surface area contributed by atoms with Crippen LogP contribution in [0.2, 0.25) is 0 Å². The molecule has 0 bridgehead atoms. The largest absolute Gasteiger partial charge is 0.394 e. The van der Waals surface area contributed by atoms with E-state index in [9.17, 15) is 30.3 Å². The van der Waals surface area contributed by atoms with Crippen molar-refractivity contribution in [3.63, 3.8) is 0 Å². The number of hydrogen-bond donors (Lipinski definition) is 6. The van der Waals surface area contributed by atoms with Crippen LogP contribution in [0.3, 0.4) is 0 Å². The average molecular weight is 508 g/mol. The second-order valence-electron chi connectivity index (χ2n) is 3.72. The first-order valence-electron chi connectivity index (χ1n) is 6.68.